The zero-order valence-electron chi connectivity index (χ0n) is 10.4. The second-order valence-corrected chi connectivity index (χ2v) is 4.31. The lowest BCUT2D eigenvalue weighted by Gasteiger charge is -2.18. The van der Waals surface area contributed by atoms with Gasteiger partial charge in [0.1, 0.15) is 0 Å². The number of carbonyl (C=O) groups is 1. The molecule has 0 atom stereocenters. The van der Waals surface area contributed by atoms with Crippen molar-refractivity contribution in [3.63, 3.8) is 0 Å². The molecule has 0 aromatic heterocycles. The van der Waals surface area contributed by atoms with Gasteiger partial charge in [0.05, 0.1) is 14.2 Å². The van der Waals surface area contributed by atoms with Crippen LogP contribution >= 0.6 is 0 Å². The van der Waals surface area contributed by atoms with Gasteiger partial charge < -0.3 is 9.47 Å². The first kappa shape index (κ1) is 12.0. The molecule has 0 bridgehead atoms. The maximum absolute atomic E-state index is 12.0. The van der Waals surface area contributed by atoms with E-state index in [2.05, 4.69) is 0 Å². The molecule has 3 nitrogen and oxygen atoms in total. The van der Waals surface area contributed by atoms with Gasteiger partial charge in [0.15, 0.2) is 17.3 Å². The first-order valence-corrected chi connectivity index (χ1v) is 6.05. The highest BCUT2D eigenvalue weighted by molar-refractivity contribution is 5.98. The number of ether oxygens (including phenoxy) is 2. The molecule has 0 N–H and O–H groups in total. The Bertz CT molecular complexity index is 424. The van der Waals surface area contributed by atoms with Crippen molar-refractivity contribution in [1.29, 1.82) is 0 Å². The fraction of sp³-hybridized carbons (Fsp3) is 0.500. The largest absolute Gasteiger partial charge is 0.493 e. The van der Waals surface area contributed by atoms with Gasteiger partial charge >= 0.3 is 0 Å². The number of carbonyl (C=O) groups excluding carboxylic acids is 1. The van der Waals surface area contributed by atoms with Gasteiger partial charge in [-0.2, -0.15) is 0 Å². The molecule has 0 radical (unpaired) electrons. The van der Waals surface area contributed by atoms with Crippen molar-refractivity contribution in [2.45, 2.75) is 32.1 Å². The fourth-order valence-electron chi connectivity index (χ4n) is 2.40. The summed E-state index contributed by atoms with van der Waals surface area (Å²) in [5.41, 5.74) is 1.82. The quantitative estimate of drug-likeness (QED) is 0.789. The van der Waals surface area contributed by atoms with E-state index in [4.69, 9.17) is 9.47 Å². The lowest BCUT2D eigenvalue weighted by molar-refractivity contribution is 0.0975. The van der Waals surface area contributed by atoms with Gasteiger partial charge in [-0.15, -0.1) is 0 Å². The molecular formula is C14H18O3. The van der Waals surface area contributed by atoms with Crippen LogP contribution in [0, 0.1) is 0 Å². The number of benzene rings is 1. The Labute approximate surface area is 102 Å². The maximum Gasteiger partial charge on any atom is 0.164 e. The molecule has 92 valence electrons. The summed E-state index contributed by atoms with van der Waals surface area (Å²) in [5.74, 6) is 1.65. The van der Waals surface area contributed by atoms with E-state index in [1.54, 1.807) is 14.2 Å². The molecule has 0 spiro atoms. The van der Waals surface area contributed by atoms with E-state index < -0.39 is 0 Å². The standard InChI is InChI=1S/C14H18O3/c1-16-13-9-8-10-11(14(13)17-2)6-4-3-5-7-12(10)15/h8-9H,3-7H2,1-2H3. The molecule has 1 aliphatic rings. The average Bonchev–Trinajstić information content (AvgIpc) is 2.34. The third kappa shape index (κ3) is 2.28. The Morgan fingerprint density at radius 1 is 1.00 bits per heavy atom. The maximum atomic E-state index is 12.0. The van der Waals surface area contributed by atoms with Gasteiger partial charge in [-0.3, -0.25) is 4.79 Å². The van der Waals surface area contributed by atoms with Gasteiger partial charge in [-0.25, -0.2) is 0 Å². The molecule has 1 aromatic carbocycles. The van der Waals surface area contributed by atoms with Crippen molar-refractivity contribution in [2.24, 2.45) is 0 Å². The zero-order chi connectivity index (χ0) is 12.3. The number of fused-ring (bicyclic) bond motifs is 1. The van der Waals surface area contributed by atoms with Crippen molar-refractivity contribution < 1.29 is 14.3 Å². The van der Waals surface area contributed by atoms with Crippen LogP contribution in [0.5, 0.6) is 11.5 Å². The van der Waals surface area contributed by atoms with Crippen molar-refractivity contribution in [2.75, 3.05) is 14.2 Å². The smallest absolute Gasteiger partial charge is 0.164 e. The molecule has 2 rings (SSSR count). The van der Waals surface area contributed by atoms with Crippen LogP contribution in [0.25, 0.3) is 0 Å². The molecule has 0 amide bonds. The number of hydrogen-bond donors (Lipinski definition) is 0. The molecule has 0 fully saturated rings. The van der Waals surface area contributed by atoms with Crippen LogP contribution < -0.4 is 9.47 Å². The van der Waals surface area contributed by atoms with Gasteiger partial charge in [0, 0.05) is 17.5 Å². The Morgan fingerprint density at radius 2 is 1.76 bits per heavy atom. The number of hydrogen-bond acceptors (Lipinski definition) is 3. The van der Waals surface area contributed by atoms with E-state index in [0.29, 0.717) is 12.2 Å². The molecule has 1 aliphatic carbocycles. The van der Waals surface area contributed by atoms with Crippen LogP contribution in [0.1, 0.15) is 41.6 Å². The number of Topliss-reactive ketones (excluding diaryl/α,β-unsaturated/α-hetero) is 1. The minimum Gasteiger partial charge on any atom is -0.493 e. The lowest BCUT2D eigenvalue weighted by atomic mass is 9.91. The third-order valence-electron chi connectivity index (χ3n) is 3.28. The van der Waals surface area contributed by atoms with Crippen LogP contribution in [0.15, 0.2) is 12.1 Å². The Morgan fingerprint density at radius 3 is 2.47 bits per heavy atom. The molecule has 0 saturated heterocycles. The first-order chi connectivity index (χ1) is 8.27. The predicted molar refractivity (Wildman–Crippen MR) is 66.0 cm³/mol. The highest BCUT2D eigenvalue weighted by Gasteiger charge is 2.20. The second-order valence-electron chi connectivity index (χ2n) is 4.31. The van der Waals surface area contributed by atoms with Gasteiger partial charge in [-0.05, 0) is 31.4 Å². The second kappa shape index (κ2) is 5.21. The normalized spacial score (nSPS) is 15.8. The Kier molecular flexibility index (Phi) is 3.67. The topological polar surface area (TPSA) is 35.5 Å². The summed E-state index contributed by atoms with van der Waals surface area (Å²) in [4.78, 5) is 12.0. The fourth-order valence-corrected chi connectivity index (χ4v) is 2.40. The number of rotatable bonds is 2. The zero-order valence-corrected chi connectivity index (χ0v) is 10.4. The summed E-state index contributed by atoms with van der Waals surface area (Å²) in [6.07, 6.45) is 4.73. The molecule has 1 aromatic rings. The summed E-state index contributed by atoms with van der Waals surface area (Å²) in [6.45, 7) is 0. The molecular weight excluding hydrogens is 216 g/mol. The van der Waals surface area contributed by atoms with Crippen LogP contribution in [0.3, 0.4) is 0 Å². The Balaban J connectivity index is 2.53. The van der Waals surface area contributed by atoms with E-state index in [0.717, 1.165) is 42.6 Å². The van der Waals surface area contributed by atoms with Crippen molar-refractivity contribution in [3.05, 3.63) is 23.3 Å². The first-order valence-electron chi connectivity index (χ1n) is 6.05. The Hall–Kier alpha value is -1.51. The van der Waals surface area contributed by atoms with E-state index in [1.165, 1.54) is 0 Å². The van der Waals surface area contributed by atoms with E-state index in [9.17, 15) is 4.79 Å². The molecule has 0 saturated carbocycles. The minimum atomic E-state index is 0.223. The summed E-state index contributed by atoms with van der Waals surface area (Å²) >= 11 is 0. The summed E-state index contributed by atoms with van der Waals surface area (Å²) in [6, 6.07) is 3.68. The van der Waals surface area contributed by atoms with E-state index in [-0.39, 0.29) is 5.78 Å². The highest BCUT2D eigenvalue weighted by Crippen LogP contribution is 2.36. The minimum absolute atomic E-state index is 0.223. The van der Waals surface area contributed by atoms with Crippen LogP contribution in [-0.4, -0.2) is 20.0 Å². The van der Waals surface area contributed by atoms with Crippen LogP contribution in [-0.2, 0) is 6.42 Å². The van der Waals surface area contributed by atoms with Gasteiger partial charge in [0.25, 0.3) is 0 Å². The van der Waals surface area contributed by atoms with E-state index in [1.807, 2.05) is 12.1 Å². The molecule has 0 aliphatic heterocycles. The highest BCUT2D eigenvalue weighted by atomic mass is 16.5. The van der Waals surface area contributed by atoms with Crippen molar-refractivity contribution >= 4 is 5.78 Å². The van der Waals surface area contributed by atoms with Gasteiger partial charge in [0.2, 0.25) is 0 Å². The monoisotopic (exact) mass is 234 g/mol. The van der Waals surface area contributed by atoms with Crippen molar-refractivity contribution in [3.8, 4) is 11.5 Å². The summed E-state index contributed by atoms with van der Waals surface area (Å²) in [7, 11) is 3.25. The van der Waals surface area contributed by atoms with Crippen molar-refractivity contribution in [1.82, 2.24) is 0 Å². The van der Waals surface area contributed by atoms with Crippen LogP contribution in [0.4, 0.5) is 0 Å². The van der Waals surface area contributed by atoms with Gasteiger partial charge in [-0.1, -0.05) is 6.42 Å². The molecule has 0 unspecified atom stereocenters. The average molecular weight is 234 g/mol. The molecule has 17 heavy (non-hydrogen) atoms. The molecule has 3 heteroatoms. The molecule has 0 heterocycles. The third-order valence-corrected chi connectivity index (χ3v) is 3.28. The number of ketones is 1. The summed E-state index contributed by atoms with van der Waals surface area (Å²) in [5, 5.41) is 0. The van der Waals surface area contributed by atoms with E-state index >= 15 is 0 Å². The SMILES string of the molecule is COc1ccc2c(c1OC)CCCCCC2=O. The van der Waals surface area contributed by atoms with Crippen LogP contribution in [0.2, 0.25) is 0 Å². The predicted octanol–water partition coefficient (Wildman–Crippen LogP) is 3.00. The summed E-state index contributed by atoms with van der Waals surface area (Å²) < 4.78 is 10.7. The number of methoxy groups -OCH3 is 2. The lowest BCUT2D eigenvalue weighted by Crippen LogP contribution is -2.09.